The number of carbonyl (C=O) groups is 2. The zero-order valence-electron chi connectivity index (χ0n) is 12.4. The zero-order chi connectivity index (χ0) is 15.4. The molecule has 21 heavy (non-hydrogen) atoms. The summed E-state index contributed by atoms with van der Waals surface area (Å²) in [5.74, 6) is -0.196. The lowest BCUT2D eigenvalue weighted by molar-refractivity contribution is -0.139. The van der Waals surface area contributed by atoms with Crippen molar-refractivity contribution in [3.63, 3.8) is 0 Å². The lowest BCUT2D eigenvalue weighted by Gasteiger charge is -2.28. The molecule has 2 amide bonds. The van der Waals surface area contributed by atoms with Crippen molar-refractivity contribution in [1.29, 1.82) is 0 Å². The predicted molar refractivity (Wildman–Crippen MR) is 83.1 cm³/mol. The molecule has 4 nitrogen and oxygen atoms in total. The third kappa shape index (κ3) is 4.21. The highest BCUT2D eigenvalue weighted by Gasteiger charge is 2.29. The maximum absolute atomic E-state index is 12.2. The molecule has 5 heteroatoms. The smallest absolute Gasteiger partial charge is 0.223 e. The van der Waals surface area contributed by atoms with E-state index in [1.54, 1.807) is 11.9 Å². The topological polar surface area (TPSA) is 49.4 Å². The van der Waals surface area contributed by atoms with Gasteiger partial charge in [-0.3, -0.25) is 9.59 Å². The summed E-state index contributed by atoms with van der Waals surface area (Å²) in [7, 11) is 1.77. The van der Waals surface area contributed by atoms with Gasteiger partial charge in [-0.15, -0.1) is 0 Å². The lowest BCUT2D eigenvalue weighted by Crippen LogP contribution is -2.44. The number of rotatable bonds is 4. The Hall–Kier alpha value is -1.55. The molecule has 0 radical (unpaired) electrons. The highest BCUT2D eigenvalue weighted by Crippen LogP contribution is 2.19. The van der Waals surface area contributed by atoms with Gasteiger partial charge in [0.1, 0.15) is 0 Å². The first-order valence-electron chi connectivity index (χ1n) is 7.25. The van der Waals surface area contributed by atoms with Crippen molar-refractivity contribution in [1.82, 2.24) is 10.2 Å². The van der Waals surface area contributed by atoms with Crippen LogP contribution in [0.5, 0.6) is 0 Å². The van der Waals surface area contributed by atoms with E-state index in [1.165, 1.54) is 0 Å². The highest BCUT2D eigenvalue weighted by molar-refractivity contribution is 6.31. The molecule has 0 unspecified atom stereocenters. The molecule has 0 spiro atoms. The summed E-state index contributed by atoms with van der Waals surface area (Å²) in [5, 5.41) is 3.71. The van der Waals surface area contributed by atoms with E-state index in [9.17, 15) is 9.59 Å². The quantitative estimate of drug-likeness (QED) is 0.927. The number of hydrogen-bond acceptors (Lipinski definition) is 2. The maximum Gasteiger partial charge on any atom is 0.223 e. The molecule has 2 atom stereocenters. The van der Waals surface area contributed by atoms with E-state index in [0.29, 0.717) is 24.4 Å². The Morgan fingerprint density at radius 2 is 2.19 bits per heavy atom. The molecule has 1 heterocycles. The second-order valence-corrected chi connectivity index (χ2v) is 6.12. The fourth-order valence-corrected chi connectivity index (χ4v) is 2.79. The number of carbonyl (C=O) groups excluding carboxylic acids is 2. The largest absolute Gasteiger partial charge is 0.353 e. The molecule has 1 aliphatic rings. The average molecular weight is 309 g/mol. The van der Waals surface area contributed by atoms with E-state index < -0.39 is 0 Å². The molecule has 1 N–H and O–H groups in total. The van der Waals surface area contributed by atoms with Crippen LogP contribution >= 0.6 is 11.6 Å². The van der Waals surface area contributed by atoms with Gasteiger partial charge in [0.2, 0.25) is 11.8 Å². The van der Waals surface area contributed by atoms with Crippen LogP contribution < -0.4 is 5.32 Å². The highest BCUT2D eigenvalue weighted by atomic mass is 35.5. The molecular formula is C16H21ClN2O2. The SMILES string of the molecule is C[C@@H](Cc1ccccc1Cl)NC(=O)[C@H]1CCN(C)C(=O)C1. The first kappa shape index (κ1) is 15.8. The number of nitrogens with one attached hydrogen (secondary N) is 1. The number of nitrogens with zero attached hydrogens (tertiary/aromatic N) is 1. The lowest BCUT2D eigenvalue weighted by atomic mass is 9.95. The van der Waals surface area contributed by atoms with Crippen LogP contribution in [0, 0.1) is 5.92 Å². The van der Waals surface area contributed by atoms with Crippen LogP contribution in [0.4, 0.5) is 0 Å². The van der Waals surface area contributed by atoms with Crippen molar-refractivity contribution in [2.75, 3.05) is 13.6 Å². The summed E-state index contributed by atoms with van der Waals surface area (Å²) < 4.78 is 0. The predicted octanol–water partition coefficient (Wildman–Crippen LogP) is 2.26. The van der Waals surface area contributed by atoms with Crippen LogP contribution in [-0.2, 0) is 16.0 Å². The zero-order valence-corrected chi connectivity index (χ0v) is 13.2. The van der Waals surface area contributed by atoms with Gasteiger partial charge < -0.3 is 10.2 Å². The number of halogens is 1. The van der Waals surface area contributed by atoms with E-state index in [2.05, 4.69) is 5.32 Å². The van der Waals surface area contributed by atoms with Crippen molar-refractivity contribution in [2.45, 2.75) is 32.2 Å². The molecule has 2 rings (SSSR count). The van der Waals surface area contributed by atoms with Crippen molar-refractivity contribution in [2.24, 2.45) is 5.92 Å². The normalized spacial score (nSPS) is 20.2. The molecule has 1 aromatic rings. The molecule has 0 saturated carbocycles. The summed E-state index contributed by atoms with van der Waals surface area (Å²) in [4.78, 5) is 25.6. The van der Waals surface area contributed by atoms with Crippen LogP contribution in [0.2, 0.25) is 5.02 Å². The van der Waals surface area contributed by atoms with E-state index in [4.69, 9.17) is 11.6 Å². The van der Waals surface area contributed by atoms with Gasteiger partial charge >= 0.3 is 0 Å². The first-order chi connectivity index (χ1) is 9.97. The Labute approximate surface area is 130 Å². The van der Waals surface area contributed by atoms with Crippen molar-refractivity contribution >= 4 is 23.4 Å². The summed E-state index contributed by atoms with van der Waals surface area (Å²) in [5.41, 5.74) is 1.02. The molecule has 1 aromatic carbocycles. The molecule has 0 aliphatic carbocycles. The minimum absolute atomic E-state index is 0.00726. The minimum Gasteiger partial charge on any atom is -0.353 e. The van der Waals surface area contributed by atoms with Crippen LogP contribution in [0.3, 0.4) is 0 Å². The first-order valence-corrected chi connectivity index (χ1v) is 7.63. The third-order valence-corrected chi connectivity index (χ3v) is 4.27. The van der Waals surface area contributed by atoms with Crippen molar-refractivity contribution in [3.8, 4) is 0 Å². The Kier molecular flexibility index (Phi) is 5.23. The molecule has 0 bridgehead atoms. The number of hydrogen-bond donors (Lipinski definition) is 1. The molecule has 114 valence electrons. The Morgan fingerprint density at radius 1 is 1.48 bits per heavy atom. The monoisotopic (exact) mass is 308 g/mol. The van der Waals surface area contributed by atoms with E-state index in [-0.39, 0.29) is 23.8 Å². The number of benzene rings is 1. The Balaban J connectivity index is 1.88. The fourth-order valence-electron chi connectivity index (χ4n) is 2.57. The molecular weight excluding hydrogens is 288 g/mol. The summed E-state index contributed by atoms with van der Waals surface area (Å²) in [6, 6.07) is 7.63. The van der Waals surface area contributed by atoms with Crippen LogP contribution in [0.25, 0.3) is 0 Å². The number of likely N-dealkylation sites (tertiary alicyclic amines) is 1. The number of amides is 2. The van der Waals surface area contributed by atoms with Gasteiger partial charge in [-0.05, 0) is 31.4 Å². The van der Waals surface area contributed by atoms with E-state index in [1.807, 2.05) is 31.2 Å². The second-order valence-electron chi connectivity index (χ2n) is 5.71. The molecule has 1 saturated heterocycles. The van der Waals surface area contributed by atoms with Crippen LogP contribution in [0.1, 0.15) is 25.3 Å². The summed E-state index contributed by atoms with van der Waals surface area (Å²) in [6.07, 6.45) is 1.72. The van der Waals surface area contributed by atoms with Gasteiger partial charge in [0.25, 0.3) is 0 Å². The molecule has 0 aromatic heterocycles. The van der Waals surface area contributed by atoms with Gasteiger partial charge in [0, 0.05) is 37.0 Å². The standard InChI is InChI=1S/C16H21ClN2O2/c1-11(9-12-5-3-4-6-14(12)17)18-16(21)13-7-8-19(2)15(20)10-13/h3-6,11,13H,7-10H2,1-2H3,(H,18,21)/t11-,13-/m0/s1. The second kappa shape index (κ2) is 6.94. The minimum atomic E-state index is -0.206. The third-order valence-electron chi connectivity index (χ3n) is 3.90. The van der Waals surface area contributed by atoms with Crippen LogP contribution in [-0.4, -0.2) is 36.3 Å². The van der Waals surface area contributed by atoms with Gasteiger partial charge in [0.15, 0.2) is 0 Å². The average Bonchev–Trinajstić information content (AvgIpc) is 2.44. The van der Waals surface area contributed by atoms with Gasteiger partial charge in [-0.25, -0.2) is 0 Å². The fraction of sp³-hybridized carbons (Fsp3) is 0.500. The Morgan fingerprint density at radius 3 is 2.86 bits per heavy atom. The van der Waals surface area contributed by atoms with Gasteiger partial charge in [-0.1, -0.05) is 29.8 Å². The summed E-state index contributed by atoms with van der Waals surface area (Å²) >= 11 is 6.13. The van der Waals surface area contributed by atoms with Crippen molar-refractivity contribution < 1.29 is 9.59 Å². The van der Waals surface area contributed by atoms with Gasteiger partial charge in [-0.2, -0.15) is 0 Å². The molecule has 1 aliphatic heterocycles. The van der Waals surface area contributed by atoms with Gasteiger partial charge in [0.05, 0.1) is 0 Å². The van der Waals surface area contributed by atoms with Crippen molar-refractivity contribution in [3.05, 3.63) is 34.9 Å². The molecule has 1 fully saturated rings. The number of piperidine rings is 1. The summed E-state index contributed by atoms with van der Waals surface area (Å²) in [6.45, 7) is 2.60. The van der Waals surface area contributed by atoms with Crippen LogP contribution in [0.15, 0.2) is 24.3 Å². The van der Waals surface area contributed by atoms with E-state index in [0.717, 1.165) is 12.0 Å². The maximum atomic E-state index is 12.2. The van der Waals surface area contributed by atoms with E-state index >= 15 is 0 Å². The Bertz CT molecular complexity index is 533.